The molecule has 1 aromatic heterocycles. The molecule has 0 aliphatic carbocycles. The van der Waals surface area contributed by atoms with E-state index >= 15 is 0 Å². The molecule has 4 nitrogen and oxygen atoms in total. The molecule has 0 spiro atoms. The fourth-order valence-electron chi connectivity index (χ4n) is 1.91. The molecule has 6 heteroatoms. The van der Waals surface area contributed by atoms with Crippen molar-refractivity contribution in [3.8, 4) is 0 Å². The zero-order valence-corrected chi connectivity index (χ0v) is 13.3. The number of amides is 1. The molecule has 1 atom stereocenters. The van der Waals surface area contributed by atoms with Gasteiger partial charge in [-0.2, -0.15) is 0 Å². The molecule has 0 fully saturated rings. The maximum absolute atomic E-state index is 12.2. The van der Waals surface area contributed by atoms with Gasteiger partial charge in [0.25, 0.3) is 5.91 Å². The molecular formula is C15H15ClN2O2S. The smallest absolute Gasteiger partial charge is 0.274 e. The lowest BCUT2D eigenvalue weighted by Gasteiger charge is -2.11. The minimum atomic E-state index is -0.929. The highest BCUT2D eigenvalue weighted by atomic mass is 35.5. The highest BCUT2D eigenvalue weighted by molar-refractivity contribution is 7.83. The number of nitrogens with zero attached hydrogens (tertiary/aromatic N) is 1. The quantitative estimate of drug-likeness (QED) is 0.940. The van der Waals surface area contributed by atoms with E-state index in [-0.39, 0.29) is 11.6 Å². The van der Waals surface area contributed by atoms with Crippen LogP contribution in [0.5, 0.6) is 0 Å². The summed E-state index contributed by atoms with van der Waals surface area (Å²) in [6.45, 7) is 1.89. The summed E-state index contributed by atoms with van der Waals surface area (Å²) in [5.74, 6) is 0.140. The van der Waals surface area contributed by atoms with Crippen LogP contribution in [0.4, 0.5) is 5.69 Å². The van der Waals surface area contributed by atoms with Crippen molar-refractivity contribution in [2.75, 3.05) is 11.6 Å². The lowest BCUT2D eigenvalue weighted by atomic mass is 10.1. The Hall–Kier alpha value is -1.72. The Balaban J connectivity index is 2.23. The van der Waals surface area contributed by atoms with Crippen molar-refractivity contribution < 1.29 is 9.00 Å². The van der Waals surface area contributed by atoms with Crippen molar-refractivity contribution in [1.29, 1.82) is 0 Å². The van der Waals surface area contributed by atoms with Crippen LogP contribution in [0, 0.1) is 6.92 Å². The van der Waals surface area contributed by atoms with Crippen molar-refractivity contribution in [3.63, 3.8) is 0 Å². The summed E-state index contributed by atoms with van der Waals surface area (Å²) in [5, 5.41) is 3.27. The monoisotopic (exact) mass is 322 g/mol. The first-order valence-corrected chi connectivity index (χ1v) is 8.39. The molecule has 2 rings (SSSR count). The largest absolute Gasteiger partial charge is 0.320 e. The van der Waals surface area contributed by atoms with Crippen LogP contribution in [0.15, 0.2) is 36.5 Å². The van der Waals surface area contributed by atoms with E-state index in [0.29, 0.717) is 16.5 Å². The summed E-state index contributed by atoms with van der Waals surface area (Å²) in [4.78, 5) is 16.2. The minimum absolute atomic E-state index is 0.256. The van der Waals surface area contributed by atoms with Gasteiger partial charge in [0.05, 0.1) is 0 Å². The van der Waals surface area contributed by atoms with E-state index in [9.17, 15) is 9.00 Å². The van der Waals surface area contributed by atoms with Crippen LogP contribution in [0.1, 0.15) is 21.6 Å². The van der Waals surface area contributed by atoms with Crippen LogP contribution < -0.4 is 5.32 Å². The summed E-state index contributed by atoms with van der Waals surface area (Å²) in [6.07, 6.45) is 3.14. The number of carbonyl (C=O) groups excluding carboxylic acids is 1. The zero-order valence-electron chi connectivity index (χ0n) is 11.7. The third-order valence-electron chi connectivity index (χ3n) is 3.01. The molecule has 1 aromatic carbocycles. The highest BCUT2D eigenvalue weighted by Crippen LogP contribution is 2.21. The van der Waals surface area contributed by atoms with Crippen molar-refractivity contribution in [1.82, 2.24) is 4.98 Å². The van der Waals surface area contributed by atoms with E-state index in [0.717, 1.165) is 11.1 Å². The number of aromatic nitrogens is 1. The predicted octanol–water partition coefficient (Wildman–Crippen LogP) is 3.17. The lowest BCUT2D eigenvalue weighted by molar-refractivity contribution is 0.102. The van der Waals surface area contributed by atoms with Gasteiger partial charge in [0.1, 0.15) is 5.69 Å². The molecule has 0 aliphatic heterocycles. The Morgan fingerprint density at radius 3 is 2.81 bits per heavy atom. The second-order valence-electron chi connectivity index (χ2n) is 4.62. The first-order chi connectivity index (χ1) is 9.97. The molecule has 0 unspecified atom stereocenters. The van der Waals surface area contributed by atoms with Crippen LogP contribution in [0.3, 0.4) is 0 Å². The zero-order chi connectivity index (χ0) is 15.4. The lowest BCUT2D eigenvalue weighted by Crippen LogP contribution is -2.15. The number of halogens is 1. The standard InChI is InChI=1S/C15H15ClN2O2S/c1-10-11(9-21(2)20)4-3-5-13(10)18-15(19)14-8-12(16)6-7-17-14/h3-8H,9H2,1-2H3,(H,18,19)/t21-/m1/s1. The predicted molar refractivity (Wildman–Crippen MR) is 86.1 cm³/mol. The van der Waals surface area contributed by atoms with Gasteiger partial charge in [0, 0.05) is 39.7 Å². The Bertz CT molecular complexity index is 704. The molecule has 0 saturated heterocycles. The normalized spacial score (nSPS) is 12.0. The number of benzene rings is 1. The van der Waals surface area contributed by atoms with Gasteiger partial charge in [0.2, 0.25) is 0 Å². The van der Waals surface area contributed by atoms with E-state index in [1.165, 1.54) is 12.3 Å². The van der Waals surface area contributed by atoms with E-state index in [1.807, 2.05) is 19.1 Å². The van der Waals surface area contributed by atoms with Crippen LogP contribution >= 0.6 is 11.6 Å². The molecule has 0 saturated carbocycles. The van der Waals surface area contributed by atoms with Gasteiger partial charge in [0.15, 0.2) is 0 Å². The minimum Gasteiger partial charge on any atom is -0.320 e. The fraction of sp³-hybridized carbons (Fsp3) is 0.200. The second kappa shape index (κ2) is 6.83. The number of hydrogen-bond donors (Lipinski definition) is 1. The fourth-order valence-corrected chi connectivity index (χ4v) is 2.82. The molecule has 21 heavy (non-hydrogen) atoms. The SMILES string of the molecule is Cc1c(C[S@@](C)=O)cccc1NC(=O)c1cc(Cl)ccn1. The maximum atomic E-state index is 12.2. The Labute approximate surface area is 131 Å². The van der Waals surface area contributed by atoms with Gasteiger partial charge in [-0.15, -0.1) is 0 Å². The molecular weight excluding hydrogens is 308 g/mol. The number of pyridine rings is 1. The van der Waals surface area contributed by atoms with Gasteiger partial charge in [-0.3, -0.25) is 14.0 Å². The molecule has 0 radical (unpaired) electrons. The van der Waals surface area contributed by atoms with Gasteiger partial charge in [-0.1, -0.05) is 23.7 Å². The molecule has 1 amide bonds. The van der Waals surface area contributed by atoms with Crippen molar-refractivity contribution in [2.24, 2.45) is 0 Å². The first-order valence-electron chi connectivity index (χ1n) is 6.29. The third kappa shape index (κ3) is 4.12. The number of hydrogen-bond acceptors (Lipinski definition) is 3. The van der Waals surface area contributed by atoms with Gasteiger partial charge in [-0.25, -0.2) is 0 Å². The van der Waals surface area contributed by atoms with Gasteiger partial charge in [-0.05, 0) is 36.2 Å². The average Bonchev–Trinajstić information content (AvgIpc) is 2.42. The number of rotatable bonds is 4. The van der Waals surface area contributed by atoms with Crippen molar-refractivity contribution in [2.45, 2.75) is 12.7 Å². The molecule has 2 aromatic rings. The molecule has 0 aliphatic rings. The summed E-state index contributed by atoms with van der Waals surface area (Å²) >= 11 is 5.85. The second-order valence-corrected chi connectivity index (χ2v) is 6.49. The number of anilines is 1. The maximum Gasteiger partial charge on any atom is 0.274 e. The number of nitrogens with one attached hydrogen (secondary N) is 1. The Kier molecular flexibility index (Phi) is 5.09. The molecule has 1 N–H and O–H groups in total. The summed E-state index contributed by atoms with van der Waals surface area (Å²) in [6, 6.07) is 8.66. The first kappa shape index (κ1) is 15.7. The highest BCUT2D eigenvalue weighted by Gasteiger charge is 2.11. The van der Waals surface area contributed by atoms with Gasteiger partial charge < -0.3 is 5.32 Å². The van der Waals surface area contributed by atoms with Crippen LogP contribution in [-0.4, -0.2) is 21.4 Å². The van der Waals surface area contributed by atoms with E-state index in [4.69, 9.17) is 11.6 Å². The topological polar surface area (TPSA) is 59.1 Å². The van der Waals surface area contributed by atoms with E-state index < -0.39 is 10.8 Å². The molecule has 110 valence electrons. The van der Waals surface area contributed by atoms with E-state index in [1.54, 1.807) is 18.4 Å². The van der Waals surface area contributed by atoms with E-state index in [2.05, 4.69) is 10.3 Å². The summed E-state index contributed by atoms with van der Waals surface area (Å²) in [5.41, 5.74) is 2.80. The third-order valence-corrected chi connectivity index (χ3v) is 3.96. The van der Waals surface area contributed by atoms with Gasteiger partial charge >= 0.3 is 0 Å². The van der Waals surface area contributed by atoms with Crippen LogP contribution in [0.25, 0.3) is 0 Å². The Morgan fingerprint density at radius 1 is 1.38 bits per heavy atom. The number of carbonyl (C=O) groups is 1. The summed E-state index contributed by atoms with van der Waals surface area (Å²) < 4.78 is 11.4. The average molecular weight is 323 g/mol. The molecule has 1 heterocycles. The van der Waals surface area contributed by atoms with Crippen LogP contribution in [-0.2, 0) is 16.6 Å². The summed E-state index contributed by atoms with van der Waals surface area (Å²) in [7, 11) is -0.929. The van der Waals surface area contributed by atoms with Crippen LogP contribution in [0.2, 0.25) is 5.02 Å². The van der Waals surface area contributed by atoms with Crippen molar-refractivity contribution >= 4 is 34.0 Å². The Morgan fingerprint density at radius 2 is 2.14 bits per heavy atom. The molecule has 0 bridgehead atoms. The van der Waals surface area contributed by atoms with Crippen molar-refractivity contribution in [3.05, 3.63) is 58.4 Å².